The number of halogens is 1. The van der Waals surface area contributed by atoms with Gasteiger partial charge in [0.15, 0.2) is 11.4 Å². The molecule has 0 radical (unpaired) electrons. The van der Waals surface area contributed by atoms with Crippen LogP contribution in [-0.2, 0) is 0 Å². The van der Waals surface area contributed by atoms with Crippen molar-refractivity contribution in [1.29, 1.82) is 0 Å². The average molecular weight is 257 g/mol. The van der Waals surface area contributed by atoms with Gasteiger partial charge in [-0.3, -0.25) is 0 Å². The van der Waals surface area contributed by atoms with Crippen LogP contribution in [0.5, 0.6) is 0 Å². The first kappa shape index (κ1) is 11.7. The number of nitrogen functional groups attached to an aromatic ring is 1. The number of aliphatic hydroxyl groups is 1. The minimum absolute atomic E-state index is 0.144. The summed E-state index contributed by atoms with van der Waals surface area (Å²) in [6.07, 6.45) is -1.01. The summed E-state index contributed by atoms with van der Waals surface area (Å²) in [5.41, 5.74) is 6.96. The molecule has 1 atom stereocenters. The molecule has 1 unspecified atom stereocenters. The summed E-state index contributed by atoms with van der Waals surface area (Å²) in [5.74, 6) is -0.171. The number of fused-ring (bicyclic) bond motifs is 1. The standard InChI is InChI=1S/C15H12FNO2/c16-11-6-3-4-9-8-13(19-15(9)11)14(18)10-5-1-2-7-12(10)17/h1-8,14,18H,17H2. The summed E-state index contributed by atoms with van der Waals surface area (Å²) < 4.78 is 18.9. The SMILES string of the molecule is Nc1ccccc1C(O)c1cc2cccc(F)c2o1. The maximum absolute atomic E-state index is 13.5. The second kappa shape index (κ2) is 4.40. The molecule has 1 aromatic heterocycles. The molecule has 0 aliphatic rings. The summed E-state index contributed by atoms with van der Waals surface area (Å²) in [5, 5.41) is 10.9. The molecule has 3 rings (SSSR count). The van der Waals surface area contributed by atoms with Crippen LogP contribution in [0.25, 0.3) is 11.0 Å². The lowest BCUT2D eigenvalue weighted by atomic mass is 10.1. The third kappa shape index (κ3) is 1.96. The Morgan fingerprint density at radius 3 is 2.63 bits per heavy atom. The molecule has 0 aliphatic heterocycles. The summed E-state index contributed by atoms with van der Waals surface area (Å²) >= 11 is 0. The van der Waals surface area contributed by atoms with E-state index in [0.717, 1.165) is 0 Å². The van der Waals surface area contributed by atoms with E-state index >= 15 is 0 Å². The zero-order valence-corrected chi connectivity index (χ0v) is 10.0. The predicted molar refractivity (Wildman–Crippen MR) is 71.1 cm³/mol. The number of rotatable bonds is 2. The van der Waals surface area contributed by atoms with Crippen molar-refractivity contribution in [3.05, 3.63) is 65.7 Å². The van der Waals surface area contributed by atoms with Gasteiger partial charge in [0.2, 0.25) is 0 Å². The van der Waals surface area contributed by atoms with Gasteiger partial charge in [-0.05, 0) is 18.2 Å². The minimum Gasteiger partial charge on any atom is -0.455 e. The van der Waals surface area contributed by atoms with Gasteiger partial charge in [0, 0.05) is 16.6 Å². The molecule has 3 nitrogen and oxygen atoms in total. The number of aliphatic hydroxyl groups excluding tert-OH is 1. The van der Waals surface area contributed by atoms with E-state index in [0.29, 0.717) is 16.6 Å². The van der Waals surface area contributed by atoms with Crippen LogP contribution in [0.15, 0.2) is 52.9 Å². The first-order valence-corrected chi connectivity index (χ1v) is 5.87. The van der Waals surface area contributed by atoms with Gasteiger partial charge in [0.25, 0.3) is 0 Å². The van der Waals surface area contributed by atoms with Gasteiger partial charge in [-0.25, -0.2) is 4.39 Å². The Morgan fingerprint density at radius 1 is 1.11 bits per heavy atom. The Bertz CT molecular complexity index is 736. The molecule has 0 fully saturated rings. The van der Waals surface area contributed by atoms with Crippen molar-refractivity contribution < 1.29 is 13.9 Å². The molecule has 0 bridgehead atoms. The summed E-state index contributed by atoms with van der Waals surface area (Å²) in [6.45, 7) is 0. The van der Waals surface area contributed by atoms with Crippen LogP contribution in [0, 0.1) is 5.82 Å². The summed E-state index contributed by atoms with van der Waals surface area (Å²) in [7, 11) is 0. The first-order valence-electron chi connectivity index (χ1n) is 5.87. The Labute approximate surface area is 109 Å². The third-order valence-electron chi connectivity index (χ3n) is 3.08. The van der Waals surface area contributed by atoms with E-state index in [2.05, 4.69) is 0 Å². The molecule has 0 spiro atoms. The highest BCUT2D eigenvalue weighted by Gasteiger charge is 2.18. The van der Waals surface area contributed by atoms with Gasteiger partial charge in [-0.15, -0.1) is 0 Å². The lowest BCUT2D eigenvalue weighted by Crippen LogP contribution is -2.02. The van der Waals surface area contributed by atoms with Gasteiger partial charge in [-0.1, -0.05) is 30.3 Å². The molecule has 96 valence electrons. The van der Waals surface area contributed by atoms with Crippen LogP contribution in [0.1, 0.15) is 17.4 Å². The van der Waals surface area contributed by atoms with E-state index in [1.165, 1.54) is 6.07 Å². The van der Waals surface area contributed by atoms with Gasteiger partial charge in [-0.2, -0.15) is 0 Å². The smallest absolute Gasteiger partial charge is 0.170 e. The van der Waals surface area contributed by atoms with Gasteiger partial charge >= 0.3 is 0 Å². The summed E-state index contributed by atoms with van der Waals surface area (Å²) in [4.78, 5) is 0. The molecule has 1 heterocycles. The number of anilines is 1. The van der Waals surface area contributed by atoms with Crippen molar-refractivity contribution in [2.45, 2.75) is 6.10 Å². The predicted octanol–water partition coefficient (Wildman–Crippen LogP) is 3.24. The second-order valence-electron chi connectivity index (χ2n) is 4.34. The Kier molecular flexibility index (Phi) is 2.72. The molecule has 0 amide bonds. The van der Waals surface area contributed by atoms with E-state index in [1.54, 1.807) is 42.5 Å². The maximum atomic E-state index is 13.5. The number of nitrogens with two attached hydrogens (primary N) is 1. The van der Waals surface area contributed by atoms with Crippen LogP contribution in [0.4, 0.5) is 10.1 Å². The molecular weight excluding hydrogens is 245 g/mol. The van der Waals surface area contributed by atoms with Crippen LogP contribution in [0.3, 0.4) is 0 Å². The Morgan fingerprint density at radius 2 is 1.89 bits per heavy atom. The molecule has 2 aromatic carbocycles. The zero-order valence-electron chi connectivity index (χ0n) is 10.0. The summed E-state index contributed by atoms with van der Waals surface area (Å²) in [6, 6.07) is 13.2. The second-order valence-corrected chi connectivity index (χ2v) is 4.34. The van der Waals surface area contributed by atoms with Crippen molar-refractivity contribution >= 4 is 16.7 Å². The van der Waals surface area contributed by atoms with Crippen molar-refractivity contribution in [1.82, 2.24) is 0 Å². The fourth-order valence-electron chi connectivity index (χ4n) is 2.10. The lowest BCUT2D eigenvalue weighted by molar-refractivity contribution is 0.192. The molecule has 0 saturated carbocycles. The Hall–Kier alpha value is -2.33. The molecule has 3 aromatic rings. The third-order valence-corrected chi connectivity index (χ3v) is 3.08. The number of hydrogen-bond acceptors (Lipinski definition) is 3. The van der Waals surface area contributed by atoms with E-state index in [-0.39, 0.29) is 11.3 Å². The quantitative estimate of drug-likeness (QED) is 0.693. The van der Waals surface area contributed by atoms with E-state index in [4.69, 9.17) is 10.2 Å². The number of furan rings is 1. The Balaban J connectivity index is 2.10. The highest BCUT2D eigenvalue weighted by Crippen LogP contribution is 2.31. The van der Waals surface area contributed by atoms with Crippen LogP contribution < -0.4 is 5.73 Å². The minimum atomic E-state index is -1.01. The average Bonchev–Trinajstić information content (AvgIpc) is 2.84. The molecule has 3 N–H and O–H groups in total. The normalized spacial score (nSPS) is 12.7. The van der Waals surface area contributed by atoms with Crippen molar-refractivity contribution in [2.24, 2.45) is 0 Å². The highest BCUT2D eigenvalue weighted by atomic mass is 19.1. The topological polar surface area (TPSA) is 59.4 Å². The molecular formula is C15H12FNO2. The van der Waals surface area contributed by atoms with Crippen molar-refractivity contribution in [3.8, 4) is 0 Å². The monoisotopic (exact) mass is 257 g/mol. The van der Waals surface area contributed by atoms with E-state index in [9.17, 15) is 9.50 Å². The van der Waals surface area contributed by atoms with Crippen molar-refractivity contribution in [2.75, 3.05) is 5.73 Å². The number of hydrogen-bond donors (Lipinski definition) is 2. The van der Waals surface area contributed by atoms with E-state index in [1.807, 2.05) is 0 Å². The number of para-hydroxylation sites is 2. The van der Waals surface area contributed by atoms with Crippen LogP contribution >= 0.6 is 0 Å². The van der Waals surface area contributed by atoms with Gasteiger partial charge in [0.1, 0.15) is 11.9 Å². The van der Waals surface area contributed by atoms with Crippen LogP contribution in [-0.4, -0.2) is 5.11 Å². The number of benzene rings is 2. The first-order chi connectivity index (χ1) is 9.16. The van der Waals surface area contributed by atoms with Gasteiger partial charge in [0.05, 0.1) is 0 Å². The molecule has 0 saturated heterocycles. The maximum Gasteiger partial charge on any atom is 0.170 e. The van der Waals surface area contributed by atoms with Crippen LogP contribution in [0.2, 0.25) is 0 Å². The lowest BCUT2D eigenvalue weighted by Gasteiger charge is -2.10. The van der Waals surface area contributed by atoms with Gasteiger partial charge < -0.3 is 15.3 Å². The highest BCUT2D eigenvalue weighted by molar-refractivity contribution is 5.78. The molecule has 4 heteroatoms. The van der Waals surface area contributed by atoms with E-state index < -0.39 is 11.9 Å². The molecule has 19 heavy (non-hydrogen) atoms. The fraction of sp³-hybridized carbons (Fsp3) is 0.0667. The zero-order chi connectivity index (χ0) is 13.4. The molecule has 0 aliphatic carbocycles. The fourth-order valence-corrected chi connectivity index (χ4v) is 2.10. The van der Waals surface area contributed by atoms with Crippen molar-refractivity contribution in [3.63, 3.8) is 0 Å². The largest absolute Gasteiger partial charge is 0.455 e.